The van der Waals surface area contributed by atoms with Crippen molar-refractivity contribution in [2.24, 2.45) is 4.99 Å². The smallest absolute Gasteiger partial charge is 0.344 e. The number of esters is 2. The molecular formula is C29H30N2O7S. The number of benzene rings is 2. The maximum Gasteiger partial charge on any atom is 0.344 e. The lowest BCUT2D eigenvalue weighted by atomic mass is 9.96. The summed E-state index contributed by atoms with van der Waals surface area (Å²) in [5, 5.41) is 0. The molecule has 1 aromatic heterocycles. The van der Waals surface area contributed by atoms with Crippen LogP contribution < -0.4 is 24.4 Å². The summed E-state index contributed by atoms with van der Waals surface area (Å²) in [5.41, 5.74) is 2.05. The van der Waals surface area contributed by atoms with Gasteiger partial charge in [-0.05, 0) is 57.0 Å². The number of rotatable bonds is 10. The van der Waals surface area contributed by atoms with E-state index >= 15 is 0 Å². The van der Waals surface area contributed by atoms with E-state index < -0.39 is 18.0 Å². The van der Waals surface area contributed by atoms with Crippen LogP contribution in [0, 0.1) is 0 Å². The Bertz CT molecular complexity index is 1570. The van der Waals surface area contributed by atoms with Crippen molar-refractivity contribution in [1.29, 1.82) is 0 Å². The Morgan fingerprint density at radius 3 is 2.41 bits per heavy atom. The topological polar surface area (TPSA) is 105 Å². The highest BCUT2D eigenvalue weighted by Crippen LogP contribution is 2.31. The number of carbonyl (C=O) groups excluding carboxylic acids is 2. The average Bonchev–Trinajstić information content (AvgIpc) is 3.22. The van der Waals surface area contributed by atoms with E-state index in [0.717, 1.165) is 5.56 Å². The van der Waals surface area contributed by atoms with Gasteiger partial charge in [-0.2, -0.15) is 0 Å². The lowest BCUT2D eigenvalue weighted by Crippen LogP contribution is -2.39. The molecule has 0 saturated carbocycles. The maximum absolute atomic E-state index is 13.8. The molecule has 0 spiro atoms. The van der Waals surface area contributed by atoms with Gasteiger partial charge in [-0.3, -0.25) is 9.36 Å². The molecule has 39 heavy (non-hydrogen) atoms. The Kier molecular flexibility index (Phi) is 8.98. The predicted molar refractivity (Wildman–Crippen MR) is 147 cm³/mol. The fourth-order valence-electron chi connectivity index (χ4n) is 4.23. The lowest BCUT2D eigenvalue weighted by Gasteiger charge is -2.24. The van der Waals surface area contributed by atoms with Crippen molar-refractivity contribution < 1.29 is 28.5 Å². The Morgan fingerprint density at radius 2 is 1.72 bits per heavy atom. The van der Waals surface area contributed by atoms with E-state index in [-0.39, 0.29) is 25.4 Å². The highest BCUT2D eigenvalue weighted by Gasteiger charge is 2.33. The Labute approximate surface area is 229 Å². The molecule has 204 valence electrons. The van der Waals surface area contributed by atoms with Gasteiger partial charge in [-0.25, -0.2) is 14.6 Å². The van der Waals surface area contributed by atoms with Gasteiger partial charge in [0.2, 0.25) is 0 Å². The van der Waals surface area contributed by atoms with Crippen molar-refractivity contribution in [3.05, 3.63) is 90.6 Å². The summed E-state index contributed by atoms with van der Waals surface area (Å²) in [6.45, 7) is 7.68. The molecule has 2 heterocycles. The SMILES string of the molecule is CCOC(=O)COc1ccc(/C=c2\sc3n(c2=O)[C@H](c2ccccc2)C(C(=O)OCC)=C(C)N=3)cc1OCC. The second kappa shape index (κ2) is 12.6. The van der Waals surface area contributed by atoms with Gasteiger partial charge in [0.15, 0.2) is 22.9 Å². The Morgan fingerprint density at radius 1 is 0.974 bits per heavy atom. The van der Waals surface area contributed by atoms with Crippen molar-refractivity contribution >= 4 is 29.4 Å². The van der Waals surface area contributed by atoms with E-state index in [1.807, 2.05) is 37.3 Å². The highest BCUT2D eigenvalue weighted by molar-refractivity contribution is 7.07. The molecule has 1 aliphatic rings. The second-order valence-corrected chi connectivity index (χ2v) is 9.45. The van der Waals surface area contributed by atoms with Crippen molar-refractivity contribution in [1.82, 2.24) is 4.57 Å². The summed E-state index contributed by atoms with van der Waals surface area (Å²) in [5.74, 6) is -0.148. The van der Waals surface area contributed by atoms with Crippen LogP contribution in [0.5, 0.6) is 11.5 Å². The molecule has 1 atom stereocenters. The quantitative estimate of drug-likeness (QED) is 0.357. The number of hydrogen-bond acceptors (Lipinski definition) is 9. The third-order valence-electron chi connectivity index (χ3n) is 5.85. The summed E-state index contributed by atoms with van der Waals surface area (Å²) in [6.07, 6.45) is 1.74. The number of thiazole rings is 1. The van der Waals surface area contributed by atoms with Crippen LogP contribution in [0.1, 0.15) is 44.9 Å². The maximum atomic E-state index is 13.8. The van der Waals surface area contributed by atoms with Crippen LogP contribution in [0.15, 0.2) is 69.6 Å². The number of hydrogen-bond donors (Lipinski definition) is 0. The first-order chi connectivity index (χ1) is 18.9. The summed E-state index contributed by atoms with van der Waals surface area (Å²) in [4.78, 5) is 43.5. The summed E-state index contributed by atoms with van der Waals surface area (Å²) < 4.78 is 23.5. The Hall–Kier alpha value is -4.18. The molecule has 4 rings (SSSR count). The highest BCUT2D eigenvalue weighted by atomic mass is 32.1. The van der Waals surface area contributed by atoms with Crippen LogP contribution >= 0.6 is 11.3 Å². The van der Waals surface area contributed by atoms with Crippen molar-refractivity contribution in [2.45, 2.75) is 33.7 Å². The average molecular weight is 551 g/mol. The zero-order chi connectivity index (χ0) is 27.9. The number of allylic oxidation sites excluding steroid dienone is 1. The summed E-state index contributed by atoms with van der Waals surface area (Å²) in [7, 11) is 0. The van der Waals surface area contributed by atoms with Crippen LogP contribution in [0.4, 0.5) is 0 Å². The standard InChI is InChI=1S/C29H30N2O7S/c1-5-35-22-15-19(13-14-21(22)38-17-24(32)36-6-2)16-23-27(33)31-26(20-11-9-8-10-12-20)25(28(34)37-7-3)18(4)30-29(31)39-23/h8-16,26H,5-7,17H2,1-4H3/b23-16-/t26-/m1/s1. The molecule has 0 amide bonds. The van der Waals surface area contributed by atoms with E-state index in [4.69, 9.17) is 18.9 Å². The largest absolute Gasteiger partial charge is 0.490 e. The van der Waals surface area contributed by atoms with E-state index in [0.29, 0.717) is 44.3 Å². The van der Waals surface area contributed by atoms with Gasteiger partial charge in [0.05, 0.1) is 41.7 Å². The van der Waals surface area contributed by atoms with E-state index in [2.05, 4.69) is 4.99 Å². The normalized spacial score (nSPS) is 14.9. The molecule has 1 aliphatic heterocycles. The fraction of sp³-hybridized carbons (Fsp3) is 0.310. The van der Waals surface area contributed by atoms with E-state index in [1.165, 1.54) is 11.3 Å². The predicted octanol–water partition coefficient (Wildman–Crippen LogP) is 3.14. The Balaban J connectivity index is 1.78. The molecular weight excluding hydrogens is 520 g/mol. The van der Waals surface area contributed by atoms with Gasteiger partial charge in [0.25, 0.3) is 5.56 Å². The van der Waals surface area contributed by atoms with Crippen LogP contribution in [0.3, 0.4) is 0 Å². The minimum Gasteiger partial charge on any atom is -0.490 e. The van der Waals surface area contributed by atoms with Gasteiger partial charge in [-0.15, -0.1) is 0 Å². The molecule has 0 saturated heterocycles. The van der Waals surface area contributed by atoms with Gasteiger partial charge >= 0.3 is 11.9 Å². The fourth-order valence-corrected chi connectivity index (χ4v) is 5.28. The molecule has 3 aromatic rings. The van der Waals surface area contributed by atoms with Crippen molar-refractivity contribution in [3.8, 4) is 11.5 Å². The number of carbonyl (C=O) groups is 2. The monoisotopic (exact) mass is 550 g/mol. The first-order valence-corrected chi connectivity index (χ1v) is 13.5. The molecule has 0 N–H and O–H groups in total. The first kappa shape index (κ1) is 27.8. The third-order valence-corrected chi connectivity index (χ3v) is 6.83. The van der Waals surface area contributed by atoms with Gasteiger partial charge in [-0.1, -0.05) is 47.7 Å². The molecule has 10 heteroatoms. The van der Waals surface area contributed by atoms with Crippen LogP contribution in [0.25, 0.3) is 6.08 Å². The number of aromatic nitrogens is 1. The molecule has 0 fully saturated rings. The van der Waals surface area contributed by atoms with Gasteiger partial charge < -0.3 is 18.9 Å². The van der Waals surface area contributed by atoms with E-state index in [1.54, 1.807) is 49.6 Å². The lowest BCUT2D eigenvalue weighted by molar-refractivity contribution is -0.145. The summed E-state index contributed by atoms with van der Waals surface area (Å²) in [6, 6.07) is 13.9. The molecule has 0 aliphatic carbocycles. The molecule has 0 unspecified atom stereocenters. The second-order valence-electron chi connectivity index (χ2n) is 8.45. The minimum atomic E-state index is -0.665. The molecule has 9 nitrogen and oxygen atoms in total. The number of nitrogens with zero attached hydrogens (tertiary/aromatic N) is 2. The number of fused-ring (bicyclic) bond motifs is 1. The van der Waals surface area contributed by atoms with Crippen LogP contribution in [-0.2, 0) is 19.1 Å². The zero-order valence-corrected chi connectivity index (χ0v) is 23.1. The summed E-state index contributed by atoms with van der Waals surface area (Å²) >= 11 is 1.24. The van der Waals surface area contributed by atoms with Crippen LogP contribution in [0.2, 0.25) is 0 Å². The first-order valence-electron chi connectivity index (χ1n) is 12.7. The molecule has 0 radical (unpaired) electrons. The van der Waals surface area contributed by atoms with Gasteiger partial charge in [0, 0.05) is 0 Å². The van der Waals surface area contributed by atoms with Gasteiger partial charge in [0.1, 0.15) is 0 Å². The zero-order valence-electron chi connectivity index (χ0n) is 22.3. The molecule has 2 aromatic carbocycles. The van der Waals surface area contributed by atoms with Crippen molar-refractivity contribution in [2.75, 3.05) is 26.4 Å². The van der Waals surface area contributed by atoms with Crippen molar-refractivity contribution in [3.63, 3.8) is 0 Å². The molecule has 0 bridgehead atoms. The third kappa shape index (κ3) is 6.12. The van der Waals surface area contributed by atoms with Crippen LogP contribution in [-0.4, -0.2) is 42.9 Å². The minimum absolute atomic E-state index is 0.212. The van der Waals surface area contributed by atoms with E-state index in [9.17, 15) is 14.4 Å². The number of ether oxygens (including phenoxy) is 4.